The molecule has 0 fully saturated rings. The Kier molecular flexibility index (Phi) is 6.54. The van der Waals surface area contributed by atoms with Crippen molar-refractivity contribution in [2.75, 3.05) is 47.4 Å². The van der Waals surface area contributed by atoms with Gasteiger partial charge in [-0.2, -0.15) is 0 Å². The molecule has 0 spiro atoms. The van der Waals surface area contributed by atoms with Crippen molar-refractivity contribution in [1.82, 2.24) is 20.2 Å². The van der Waals surface area contributed by atoms with Gasteiger partial charge in [-0.1, -0.05) is 0 Å². The molecule has 1 aromatic rings. The molecule has 5 heteroatoms. The van der Waals surface area contributed by atoms with Crippen LogP contribution in [0.25, 0.3) is 0 Å². The highest BCUT2D eigenvalue weighted by Crippen LogP contribution is 2.23. The molecule has 118 valence electrons. The van der Waals surface area contributed by atoms with E-state index in [9.17, 15) is 0 Å². The summed E-state index contributed by atoms with van der Waals surface area (Å²) in [6, 6.07) is 0. The SMILES string of the molecule is COCCNCC1CCc2nc(CCN(C)C)ncc2C1. The molecule has 0 bridgehead atoms. The van der Waals surface area contributed by atoms with Crippen LogP contribution in [-0.2, 0) is 24.0 Å². The van der Waals surface area contributed by atoms with Crippen molar-refractivity contribution >= 4 is 0 Å². The molecule has 0 saturated heterocycles. The van der Waals surface area contributed by atoms with Gasteiger partial charge in [-0.05, 0) is 51.4 Å². The number of nitrogens with zero attached hydrogens (tertiary/aromatic N) is 3. The van der Waals surface area contributed by atoms with Crippen molar-refractivity contribution in [2.45, 2.75) is 25.7 Å². The molecular weight excluding hydrogens is 264 g/mol. The van der Waals surface area contributed by atoms with Crippen molar-refractivity contribution in [3.8, 4) is 0 Å². The Labute approximate surface area is 128 Å². The molecule has 1 aliphatic rings. The number of hydrogen-bond acceptors (Lipinski definition) is 5. The average Bonchev–Trinajstić information content (AvgIpc) is 2.49. The van der Waals surface area contributed by atoms with Crippen LogP contribution in [0.2, 0.25) is 0 Å². The molecule has 21 heavy (non-hydrogen) atoms. The molecule has 0 aromatic carbocycles. The quantitative estimate of drug-likeness (QED) is 0.722. The van der Waals surface area contributed by atoms with Gasteiger partial charge in [0.1, 0.15) is 5.82 Å². The number of likely N-dealkylation sites (N-methyl/N-ethyl adjacent to an activating group) is 1. The highest BCUT2D eigenvalue weighted by Gasteiger charge is 2.20. The van der Waals surface area contributed by atoms with Crippen molar-refractivity contribution in [2.24, 2.45) is 5.92 Å². The van der Waals surface area contributed by atoms with Crippen molar-refractivity contribution < 1.29 is 4.74 Å². The van der Waals surface area contributed by atoms with Crippen LogP contribution in [0.1, 0.15) is 23.5 Å². The van der Waals surface area contributed by atoms with Gasteiger partial charge in [0, 0.05) is 38.5 Å². The monoisotopic (exact) mass is 292 g/mol. The Morgan fingerprint density at radius 3 is 3.05 bits per heavy atom. The van der Waals surface area contributed by atoms with Gasteiger partial charge in [0.15, 0.2) is 0 Å². The lowest BCUT2D eigenvalue weighted by atomic mass is 9.87. The zero-order chi connectivity index (χ0) is 15.1. The Morgan fingerprint density at radius 1 is 1.43 bits per heavy atom. The smallest absolute Gasteiger partial charge is 0.129 e. The van der Waals surface area contributed by atoms with Gasteiger partial charge in [-0.15, -0.1) is 0 Å². The predicted molar refractivity (Wildman–Crippen MR) is 84.6 cm³/mol. The molecular formula is C16H28N4O. The van der Waals surface area contributed by atoms with E-state index in [0.29, 0.717) is 5.92 Å². The predicted octanol–water partition coefficient (Wildman–Crippen LogP) is 0.922. The van der Waals surface area contributed by atoms with E-state index >= 15 is 0 Å². The summed E-state index contributed by atoms with van der Waals surface area (Å²) in [7, 11) is 5.91. The highest BCUT2D eigenvalue weighted by molar-refractivity contribution is 5.21. The minimum atomic E-state index is 0.700. The standard InChI is InChI=1S/C16H28N4O/c1-20(2)8-6-16-18-12-14-10-13(4-5-15(14)19-16)11-17-7-9-21-3/h12-13,17H,4-11H2,1-3H3. The second kappa shape index (κ2) is 8.41. The van der Waals surface area contributed by atoms with E-state index in [1.807, 2.05) is 0 Å². The number of aromatic nitrogens is 2. The molecule has 0 saturated carbocycles. The number of methoxy groups -OCH3 is 1. The third kappa shape index (κ3) is 5.34. The number of fused-ring (bicyclic) bond motifs is 1. The number of nitrogens with one attached hydrogen (secondary N) is 1. The molecule has 0 aliphatic heterocycles. The lowest BCUT2D eigenvalue weighted by molar-refractivity contribution is 0.197. The number of ether oxygens (including phenoxy) is 1. The van der Waals surface area contributed by atoms with Gasteiger partial charge in [0.2, 0.25) is 0 Å². The second-order valence-corrected chi connectivity index (χ2v) is 6.12. The normalized spacial score (nSPS) is 18.0. The van der Waals surface area contributed by atoms with Crippen molar-refractivity contribution in [3.05, 3.63) is 23.3 Å². The lowest BCUT2D eigenvalue weighted by Crippen LogP contribution is -2.30. The number of rotatable bonds is 8. The van der Waals surface area contributed by atoms with E-state index in [-0.39, 0.29) is 0 Å². The zero-order valence-corrected chi connectivity index (χ0v) is 13.6. The van der Waals surface area contributed by atoms with Crippen LogP contribution in [0.15, 0.2) is 6.20 Å². The van der Waals surface area contributed by atoms with Gasteiger partial charge in [-0.3, -0.25) is 0 Å². The Hall–Kier alpha value is -1.04. The first-order valence-corrected chi connectivity index (χ1v) is 7.87. The van der Waals surface area contributed by atoms with Gasteiger partial charge in [0.05, 0.1) is 6.61 Å². The fraction of sp³-hybridized carbons (Fsp3) is 0.750. The van der Waals surface area contributed by atoms with Crippen LogP contribution in [0.5, 0.6) is 0 Å². The Morgan fingerprint density at radius 2 is 2.29 bits per heavy atom. The van der Waals surface area contributed by atoms with Gasteiger partial charge < -0.3 is 15.0 Å². The average molecular weight is 292 g/mol. The van der Waals surface area contributed by atoms with Crippen LogP contribution in [0, 0.1) is 5.92 Å². The first kappa shape index (κ1) is 16.3. The minimum absolute atomic E-state index is 0.700. The molecule has 1 unspecified atom stereocenters. The van der Waals surface area contributed by atoms with E-state index in [1.165, 1.54) is 17.7 Å². The van der Waals surface area contributed by atoms with Crippen LogP contribution in [-0.4, -0.2) is 62.3 Å². The topological polar surface area (TPSA) is 50.3 Å². The van der Waals surface area contributed by atoms with E-state index in [0.717, 1.165) is 51.3 Å². The van der Waals surface area contributed by atoms with Crippen LogP contribution in [0.3, 0.4) is 0 Å². The van der Waals surface area contributed by atoms with Gasteiger partial charge in [0.25, 0.3) is 0 Å². The van der Waals surface area contributed by atoms with Gasteiger partial charge >= 0.3 is 0 Å². The fourth-order valence-corrected chi connectivity index (χ4v) is 2.72. The first-order chi connectivity index (χ1) is 10.2. The molecule has 1 atom stereocenters. The number of aryl methyl sites for hydroxylation is 1. The molecule has 0 radical (unpaired) electrons. The second-order valence-electron chi connectivity index (χ2n) is 6.12. The molecule has 0 amide bonds. The lowest BCUT2D eigenvalue weighted by Gasteiger charge is -2.24. The summed E-state index contributed by atoms with van der Waals surface area (Å²) in [5.41, 5.74) is 2.61. The molecule has 5 nitrogen and oxygen atoms in total. The third-order valence-corrected chi connectivity index (χ3v) is 4.00. The summed E-state index contributed by atoms with van der Waals surface area (Å²) in [5, 5.41) is 3.46. The van der Waals surface area contributed by atoms with E-state index < -0.39 is 0 Å². The maximum Gasteiger partial charge on any atom is 0.129 e. The van der Waals surface area contributed by atoms with Crippen LogP contribution < -0.4 is 5.32 Å². The van der Waals surface area contributed by atoms with Crippen molar-refractivity contribution in [1.29, 1.82) is 0 Å². The number of hydrogen-bond donors (Lipinski definition) is 1. The largest absolute Gasteiger partial charge is 0.383 e. The Balaban J connectivity index is 1.84. The summed E-state index contributed by atoms with van der Waals surface area (Å²) in [5.74, 6) is 1.68. The summed E-state index contributed by atoms with van der Waals surface area (Å²) >= 11 is 0. The molecule has 1 aromatic heterocycles. The zero-order valence-electron chi connectivity index (χ0n) is 13.6. The first-order valence-electron chi connectivity index (χ1n) is 7.87. The minimum Gasteiger partial charge on any atom is -0.383 e. The van der Waals surface area contributed by atoms with E-state index in [4.69, 9.17) is 9.72 Å². The van der Waals surface area contributed by atoms with Gasteiger partial charge in [-0.25, -0.2) is 9.97 Å². The summed E-state index contributed by atoms with van der Waals surface area (Å²) < 4.78 is 5.05. The summed E-state index contributed by atoms with van der Waals surface area (Å²) in [6.45, 7) is 3.78. The maximum atomic E-state index is 5.05. The molecule has 2 rings (SSSR count). The van der Waals surface area contributed by atoms with E-state index in [1.54, 1.807) is 7.11 Å². The summed E-state index contributed by atoms with van der Waals surface area (Å²) in [6.07, 6.45) is 6.39. The maximum absolute atomic E-state index is 5.05. The Bertz CT molecular complexity index is 436. The van der Waals surface area contributed by atoms with Crippen LogP contribution >= 0.6 is 0 Å². The molecule has 1 N–H and O–H groups in total. The highest BCUT2D eigenvalue weighted by atomic mass is 16.5. The molecule has 1 heterocycles. The van der Waals surface area contributed by atoms with Crippen LogP contribution in [0.4, 0.5) is 0 Å². The van der Waals surface area contributed by atoms with Crippen molar-refractivity contribution in [3.63, 3.8) is 0 Å². The third-order valence-electron chi connectivity index (χ3n) is 4.00. The van der Waals surface area contributed by atoms with E-state index in [2.05, 4.69) is 35.5 Å². The molecule has 1 aliphatic carbocycles. The fourth-order valence-electron chi connectivity index (χ4n) is 2.72. The summed E-state index contributed by atoms with van der Waals surface area (Å²) in [4.78, 5) is 11.5.